The molecule has 0 spiro atoms. The van der Waals surface area contributed by atoms with Crippen LogP contribution in [0, 0.1) is 0 Å². The number of halogens is 6. The van der Waals surface area contributed by atoms with Gasteiger partial charge in [-0.05, 0) is 98.1 Å². The predicted molar refractivity (Wildman–Crippen MR) is 141 cm³/mol. The summed E-state index contributed by atoms with van der Waals surface area (Å²) in [5, 5.41) is 9.41. The number of aryl methyl sites for hydroxylation is 1. The van der Waals surface area contributed by atoms with Crippen molar-refractivity contribution in [3.63, 3.8) is 0 Å². The highest BCUT2D eigenvalue weighted by atomic mass is 32.2. The number of anilines is 1. The van der Waals surface area contributed by atoms with Crippen molar-refractivity contribution in [1.82, 2.24) is 15.5 Å². The molecule has 2 aromatic carbocycles. The highest BCUT2D eigenvalue weighted by Gasteiger charge is 2.46. The number of ether oxygens (including phenoxy) is 1. The number of carbonyl (C=O) groups excluding carboxylic acids is 1. The Morgan fingerprint density at radius 2 is 1.74 bits per heavy atom. The number of piperidine rings is 1. The standard InChI is InChI=1S/C26H24F6N4O5S2/c27-25(28,29)17-4-7-22(20(13-17)15-8-10-33-11-9-15)40-21-3-1-2-16-12-18(5-6-19(16)21)43(38,39)36(24-35-34-14-42-24)41-23(37)26(30,31)32/h4-7,12-15,21,33H,1-3,8-11H2. The Kier molecular flexibility index (Phi) is 8.59. The van der Waals surface area contributed by atoms with Crippen molar-refractivity contribution < 1.29 is 49.1 Å². The van der Waals surface area contributed by atoms with Crippen LogP contribution in [0.2, 0.25) is 0 Å². The van der Waals surface area contributed by atoms with Crippen molar-refractivity contribution >= 4 is 32.5 Å². The molecule has 2 aliphatic rings. The zero-order chi connectivity index (χ0) is 31.0. The molecule has 1 aromatic heterocycles. The van der Waals surface area contributed by atoms with E-state index in [0.29, 0.717) is 79.0 Å². The number of benzene rings is 2. The number of aromatic nitrogens is 2. The molecular weight excluding hydrogens is 626 g/mol. The molecule has 1 N–H and O–H groups in total. The molecule has 1 aliphatic heterocycles. The Morgan fingerprint density at radius 1 is 1.00 bits per heavy atom. The number of hydrogen-bond acceptors (Lipinski definition) is 9. The Labute approximate surface area is 245 Å². The van der Waals surface area contributed by atoms with Crippen molar-refractivity contribution in [2.45, 2.75) is 61.4 Å². The number of fused-ring (bicyclic) bond motifs is 1. The highest BCUT2D eigenvalue weighted by Crippen LogP contribution is 2.42. The number of sulfonamides is 1. The summed E-state index contributed by atoms with van der Waals surface area (Å²) in [7, 11) is -4.88. The van der Waals surface area contributed by atoms with Crippen LogP contribution in [0.5, 0.6) is 5.75 Å². The van der Waals surface area contributed by atoms with E-state index in [0.717, 1.165) is 23.7 Å². The Balaban J connectivity index is 1.46. The van der Waals surface area contributed by atoms with Gasteiger partial charge >= 0.3 is 18.3 Å². The molecule has 1 unspecified atom stereocenters. The first-order chi connectivity index (χ1) is 20.2. The molecule has 0 bridgehead atoms. The topological polar surface area (TPSA) is 111 Å². The van der Waals surface area contributed by atoms with E-state index >= 15 is 0 Å². The van der Waals surface area contributed by atoms with Crippen LogP contribution < -0.4 is 14.5 Å². The number of alkyl halides is 6. The van der Waals surface area contributed by atoms with Crippen LogP contribution in [0.25, 0.3) is 0 Å². The SMILES string of the molecule is O=C(ON(c1nncs1)S(=O)(=O)c1ccc2c(c1)CCCC2Oc1ccc(C(F)(F)F)cc1C1CCNCC1)C(F)(F)F. The number of rotatable bonds is 7. The first kappa shape index (κ1) is 31.0. The normalized spacial score (nSPS) is 18.1. The van der Waals surface area contributed by atoms with Gasteiger partial charge in [0.1, 0.15) is 17.4 Å². The van der Waals surface area contributed by atoms with E-state index in [2.05, 4.69) is 20.4 Å². The lowest BCUT2D eigenvalue weighted by Gasteiger charge is -2.30. The molecule has 1 aliphatic carbocycles. The first-order valence-corrected chi connectivity index (χ1v) is 15.4. The first-order valence-electron chi connectivity index (χ1n) is 13.1. The Hall–Kier alpha value is -3.44. The van der Waals surface area contributed by atoms with Crippen LogP contribution in [0.3, 0.4) is 0 Å². The molecule has 17 heteroatoms. The van der Waals surface area contributed by atoms with Crippen molar-refractivity contribution in [3.05, 3.63) is 64.2 Å². The molecule has 5 rings (SSSR count). The second kappa shape index (κ2) is 11.9. The Bertz CT molecular complexity index is 1580. The van der Waals surface area contributed by atoms with E-state index in [-0.39, 0.29) is 10.4 Å². The molecule has 9 nitrogen and oxygen atoms in total. The van der Waals surface area contributed by atoms with E-state index in [1.165, 1.54) is 18.2 Å². The van der Waals surface area contributed by atoms with Crippen molar-refractivity contribution in [2.24, 2.45) is 0 Å². The highest BCUT2D eigenvalue weighted by molar-refractivity contribution is 7.92. The van der Waals surface area contributed by atoms with E-state index in [4.69, 9.17) is 4.74 Å². The van der Waals surface area contributed by atoms with Gasteiger partial charge in [-0.2, -0.15) is 34.8 Å². The number of hydrogen-bond donors (Lipinski definition) is 1. The van der Waals surface area contributed by atoms with Gasteiger partial charge in [0, 0.05) is 0 Å². The third-order valence-electron chi connectivity index (χ3n) is 7.18. The molecule has 3 aromatic rings. The van der Waals surface area contributed by atoms with Gasteiger partial charge in [-0.3, -0.25) is 0 Å². The second-order valence-electron chi connectivity index (χ2n) is 9.96. The molecule has 1 atom stereocenters. The van der Waals surface area contributed by atoms with Crippen LogP contribution in [0.1, 0.15) is 60.0 Å². The molecule has 2 heterocycles. The number of carbonyl (C=O) groups is 1. The van der Waals surface area contributed by atoms with Gasteiger partial charge in [-0.15, -0.1) is 10.2 Å². The molecule has 1 saturated heterocycles. The van der Waals surface area contributed by atoms with Crippen molar-refractivity contribution in [2.75, 3.05) is 17.6 Å². The third kappa shape index (κ3) is 6.72. The largest absolute Gasteiger partial charge is 0.493 e. The maximum Gasteiger partial charge on any atom is 0.493 e. The summed E-state index contributed by atoms with van der Waals surface area (Å²) >= 11 is 0.537. The molecule has 0 radical (unpaired) electrons. The predicted octanol–water partition coefficient (Wildman–Crippen LogP) is 5.70. The fourth-order valence-corrected chi connectivity index (χ4v) is 7.09. The summed E-state index contributed by atoms with van der Waals surface area (Å²) in [5.41, 5.74) is 1.80. The van der Waals surface area contributed by atoms with Crippen molar-refractivity contribution in [3.8, 4) is 5.75 Å². The fourth-order valence-electron chi connectivity index (χ4n) is 5.13. The van der Waals surface area contributed by atoms with Gasteiger partial charge in [0.15, 0.2) is 0 Å². The summed E-state index contributed by atoms with van der Waals surface area (Å²) < 4.78 is 112. The van der Waals surface area contributed by atoms with E-state index in [1.807, 2.05) is 0 Å². The second-order valence-corrected chi connectivity index (χ2v) is 12.5. The van der Waals surface area contributed by atoms with E-state index in [9.17, 15) is 39.6 Å². The zero-order valence-corrected chi connectivity index (χ0v) is 23.7. The van der Waals surface area contributed by atoms with Crippen molar-refractivity contribution in [1.29, 1.82) is 0 Å². The summed E-state index contributed by atoms with van der Waals surface area (Å²) in [6.45, 7) is 1.30. The van der Waals surface area contributed by atoms with Crippen LogP contribution in [-0.4, -0.2) is 43.9 Å². The van der Waals surface area contributed by atoms with Gasteiger partial charge in [0.2, 0.25) is 0 Å². The smallest absolute Gasteiger partial charge is 0.485 e. The van der Waals surface area contributed by atoms with Gasteiger partial charge in [-0.1, -0.05) is 21.9 Å². The summed E-state index contributed by atoms with van der Waals surface area (Å²) in [5.74, 6) is -2.62. The van der Waals surface area contributed by atoms with Gasteiger partial charge < -0.3 is 14.9 Å². The summed E-state index contributed by atoms with van der Waals surface area (Å²) in [6.07, 6.45) is -7.96. The monoisotopic (exact) mass is 650 g/mol. The minimum atomic E-state index is -5.48. The molecule has 0 amide bonds. The lowest BCUT2D eigenvalue weighted by atomic mass is 9.87. The zero-order valence-electron chi connectivity index (χ0n) is 22.1. The quantitative estimate of drug-likeness (QED) is 0.256. The number of nitrogens with one attached hydrogen (secondary N) is 1. The third-order valence-corrected chi connectivity index (χ3v) is 9.48. The number of nitrogens with zero attached hydrogens (tertiary/aromatic N) is 3. The minimum absolute atomic E-state index is 0.153. The Morgan fingerprint density at radius 3 is 2.40 bits per heavy atom. The lowest BCUT2D eigenvalue weighted by Crippen LogP contribution is -2.38. The maximum absolute atomic E-state index is 13.5. The molecule has 0 saturated carbocycles. The lowest BCUT2D eigenvalue weighted by molar-refractivity contribution is -0.199. The van der Waals surface area contributed by atoms with E-state index < -0.39 is 50.0 Å². The van der Waals surface area contributed by atoms with Gasteiger partial charge in [0.25, 0.3) is 15.2 Å². The van der Waals surface area contributed by atoms with Gasteiger partial charge in [0.05, 0.1) is 10.5 Å². The molecule has 232 valence electrons. The van der Waals surface area contributed by atoms with Gasteiger partial charge in [-0.25, -0.2) is 4.79 Å². The van der Waals surface area contributed by atoms with Crippen LogP contribution >= 0.6 is 11.3 Å². The summed E-state index contributed by atoms with van der Waals surface area (Å²) in [4.78, 5) is 15.3. The molecule has 1 fully saturated rings. The fraction of sp³-hybridized carbons (Fsp3) is 0.423. The van der Waals surface area contributed by atoms with Crippen LogP contribution in [0.4, 0.5) is 31.5 Å². The molecular formula is C26H24F6N4O5S2. The molecule has 43 heavy (non-hydrogen) atoms. The van der Waals surface area contributed by atoms with Crippen LogP contribution in [0.15, 0.2) is 46.8 Å². The average molecular weight is 651 g/mol. The van der Waals surface area contributed by atoms with E-state index in [1.54, 1.807) is 0 Å². The minimum Gasteiger partial charge on any atom is -0.485 e. The summed E-state index contributed by atoms with van der Waals surface area (Å²) in [6, 6.07) is 7.20. The average Bonchev–Trinajstić information content (AvgIpc) is 3.49. The maximum atomic E-state index is 13.5. The van der Waals surface area contributed by atoms with Crippen LogP contribution in [-0.2, 0) is 32.3 Å².